The van der Waals surface area contributed by atoms with Gasteiger partial charge in [-0.25, -0.2) is 4.57 Å². The van der Waals surface area contributed by atoms with Gasteiger partial charge in [0.15, 0.2) is 0 Å². The summed E-state index contributed by atoms with van der Waals surface area (Å²) in [4.78, 5) is 21.6. The molecule has 4 nitrogen and oxygen atoms in total. The van der Waals surface area contributed by atoms with Gasteiger partial charge < -0.3 is 14.7 Å². The third-order valence-corrected chi connectivity index (χ3v) is 0. The first-order valence-electron chi connectivity index (χ1n) is 0.783. The Bertz CT molecular complexity index is 62.2. The van der Waals surface area contributed by atoms with E-state index in [1.54, 1.807) is 0 Å². The zero-order valence-corrected chi connectivity index (χ0v) is 6.05. The van der Waals surface area contributed by atoms with Gasteiger partial charge in [0, 0.05) is 26.2 Å². The summed E-state index contributed by atoms with van der Waals surface area (Å²) in [5.41, 5.74) is 0. The first kappa shape index (κ1) is 22.6. The SMILES string of the molecule is O=P(O)(O)O.[CaH2].[SrH2].[Zr]. The quantitative estimate of drug-likeness (QED) is 0.334. The third-order valence-electron chi connectivity index (χ3n) is 0. The Morgan fingerprint density at radius 3 is 1.12 bits per heavy atom. The van der Waals surface area contributed by atoms with Crippen molar-refractivity contribution in [3.63, 3.8) is 0 Å². The summed E-state index contributed by atoms with van der Waals surface area (Å²) >= 11 is 0. The summed E-state index contributed by atoms with van der Waals surface area (Å²) in [6, 6.07) is 0. The minimum atomic E-state index is -4.64. The summed E-state index contributed by atoms with van der Waals surface area (Å²) in [5, 5.41) is 0. The second-order valence-corrected chi connectivity index (χ2v) is 1.54. The first-order chi connectivity index (χ1) is 2.00. The number of rotatable bonds is 0. The molecule has 0 saturated heterocycles. The zero-order chi connectivity index (χ0) is 4.50. The molecule has 8 heteroatoms. The van der Waals surface area contributed by atoms with Gasteiger partial charge in [0.25, 0.3) is 0 Å². The fourth-order valence-corrected chi connectivity index (χ4v) is 0. The van der Waals surface area contributed by atoms with Gasteiger partial charge in [-0.3, -0.25) is 0 Å². The van der Waals surface area contributed by atoms with Crippen molar-refractivity contribution >= 4 is 91.0 Å². The van der Waals surface area contributed by atoms with E-state index in [1.807, 2.05) is 0 Å². The Balaban J connectivity index is -0.0000000267. The molecule has 0 amide bonds. The Labute approximate surface area is 133 Å². The van der Waals surface area contributed by atoms with Gasteiger partial charge in [-0.15, -0.1) is 0 Å². The average molecular weight is 321 g/mol. The van der Waals surface area contributed by atoms with Gasteiger partial charge in [0.1, 0.15) is 0 Å². The van der Waals surface area contributed by atoms with Gasteiger partial charge >= 0.3 is 91.0 Å². The molecule has 3 N–H and O–H groups in total. The molecule has 0 rings (SSSR count). The maximum Gasteiger partial charge on any atom is 0 e. The standard InChI is InChI=1S/Ca.H3O4P.Sr.Zr.4H/c;1-5(2,3)4;;;;;;/h;(H3,1,2,3,4);;;;;;. The predicted molar refractivity (Wildman–Crippen MR) is 31.4 cm³/mol. The molecule has 0 spiro atoms. The van der Waals surface area contributed by atoms with Crippen LogP contribution in [-0.2, 0) is 30.8 Å². The Morgan fingerprint density at radius 2 is 1.12 bits per heavy atom. The Kier molecular flexibility index (Phi) is 30.3. The van der Waals surface area contributed by atoms with E-state index in [9.17, 15) is 0 Å². The average Bonchev–Trinajstić information content (AvgIpc) is 0.722. The van der Waals surface area contributed by atoms with Crippen LogP contribution in [0.2, 0.25) is 0 Å². The molecular weight excluding hydrogens is 314 g/mol. The van der Waals surface area contributed by atoms with Gasteiger partial charge in [-0.1, -0.05) is 0 Å². The van der Waals surface area contributed by atoms with E-state index in [4.69, 9.17) is 19.2 Å². The fraction of sp³-hybridized carbons (Fsp3) is 0. The van der Waals surface area contributed by atoms with Crippen molar-refractivity contribution in [1.29, 1.82) is 0 Å². The maximum atomic E-state index is 8.88. The minimum Gasteiger partial charge on any atom is 0 e. The van der Waals surface area contributed by atoms with Gasteiger partial charge in [-0.05, 0) is 0 Å². The molecule has 0 bridgehead atoms. The first-order valence-corrected chi connectivity index (χ1v) is 2.35. The molecule has 0 heterocycles. The molecule has 0 aliphatic carbocycles. The Morgan fingerprint density at radius 1 is 1.12 bits per heavy atom. The summed E-state index contributed by atoms with van der Waals surface area (Å²) in [5.74, 6) is 0. The smallest absolute Gasteiger partial charge is 0 e. The van der Waals surface area contributed by atoms with E-state index in [2.05, 4.69) is 0 Å². The summed E-state index contributed by atoms with van der Waals surface area (Å²) in [6.07, 6.45) is 0. The molecule has 0 unspecified atom stereocenters. The summed E-state index contributed by atoms with van der Waals surface area (Å²) < 4.78 is 8.88. The molecule has 0 aromatic heterocycles. The third kappa shape index (κ3) is 53.3. The van der Waals surface area contributed by atoms with Crippen LogP contribution in [-0.4, -0.2) is 97.9 Å². The fourth-order valence-electron chi connectivity index (χ4n) is 0. The van der Waals surface area contributed by atoms with Crippen molar-refractivity contribution in [2.45, 2.75) is 0 Å². The largest absolute Gasteiger partial charge is 0 e. The molecule has 0 saturated carbocycles. The molecule has 8 heavy (non-hydrogen) atoms. The van der Waals surface area contributed by atoms with Crippen LogP contribution >= 0.6 is 7.82 Å². The van der Waals surface area contributed by atoms with Gasteiger partial charge in [-0.2, -0.15) is 0 Å². The number of phosphoric acid groups is 1. The van der Waals surface area contributed by atoms with Crippen molar-refractivity contribution in [1.82, 2.24) is 0 Å². The van der Waals surface area contributed by atoms with E-state index in [0.717, 1.165) is 0 Å². The molecule has 0 aromatic carbocycles. The van der Waals surface area contributed by atoms with E-state index < -0.39 is 7.82 Å². The summed E-state index contributed by atoms with van der Waals surface area (Å²) in [6.45, 7) is 0. The second kappa shape index (κ2) is 10.7. The topological polar surface area (TPSA) is 77.8 Å². The molecule has 0 atom stereocenters. The molecule has 0 fully saturated rings. The van der Waals surface area contributed by atoms with E-state index in [0.29, 0.717) is 0 Å². The van der Waals surface area contributed by atoms with Crippen molar-refractivity contribution in [3.8, 4) is 0 Å². The second-order valence-electron chi connectivity index (χ2n) is 0.513. The monoisotopic (exact) mass is 320 g/mol. The van der Waals surface area contributed by atoms with Gasteiger partial charge in [0.05, 0.1) is 0 Å². The molecule has 0 aliphatic heterocycles. The maximum absolute atomic E-state index is 8.88. The zero-order valence-electron chi connectivity index (χ0n) is 2.70. The van der Waals surface area contributed by atoms with Crippen LogP contribution in [0.3, 0.4) is 0 Å². The number of hydrogen-bond acceptors (Lipinski definition) is 1. The Hall–Kier alpha value is 3.73. The van der Waals surface area contributed by atoms with Crippen molar-refractivity contribution in [3.05, 3.63) is 0 Å². The van der Waals surface area contributed by atoms with Gasteiger partial charge in [0.2, 0.25) is 0 Å². The molecule has 0 aromatic rings. The molecule has 0 aliphatic rings. The van der Waals surface area contributed by atoms with Crippen LogP contribution in [0.1, 0.15) is 0 Å². The van der Waals surface area contributed by atoms with Crippen LogP contribution in [0.4, 0.5) is 0 Å². The summed E-state index contributed by atoms with van der Waals surface area (Å²) in [7, 11) is -4.64. The van der Waals surface area contributed by atoms with Crippen molar-refractivity contribution in [2.75, 3.05) is 0 Å². The predicted octanol–water partition coefficient (Wildman–Crippen LogP) is -2.76. The van der Waals surface area contributed by atoms with Crippen LogP contribution in [0.15, 0.2) is 0 Å². The molecule has 0 radical (unpaired) electrons. The molecular formula is H7CaO4PSrZr. The van der Waals surface area contributed by atoms with E-state index >= 15 is 0 Å². The normalized spacial score (nSPS) is 7.38. The van der Waals surface area contributed by atoms with Crippen LogP contribution in [0.5, 0.6) is 0 Å². The van der Waals surface area contributed by atoms with Crippen LogP contribution in [0.25, 0.3) is 0 Å². The van der Waals surface area contributed by atoms with Crippen molar-refractivity contribution < 1.29 is 45.4 Å². The molecule has 44 valence electrons. The van der Waals surface area contributed by atoms with E-state index in [-0.39, 0.29) is 109 Å². The van der Waals surface area contributed by atoms with Crippen molar-refractivity contribution in [2.24, 2.45) is 0 Å². The van der Waals surface area contributed by atoms with E-state index in [1.165, 1.54) is 0 Å². The number of hydrogen-bond donors (Lipinski definition) is 3. The van der Waals surface area contributed by atoms with Crippen LogP contribution in [0, 0.1) is 0 Å². The van der Waals surface area contributed by atoms with Crippen LogP contribution < -0.4 is 0 Å². The minimum absolute atomic E-state index is 0.